The normalized spacial score (nSPS) is 17.1. The highest BCUT2D eigenvalue weighted by atomic mass is 16.4. The summed E-state index contributed by atoms with van der Waals surface area (Å²) in [4.78, 5) is 37.5. The molecular weight excluding hydrogens is 332 g/mol. The molecule has 0 radical (unpaired) electrons. The monoisotopic (exact) mass is 348 g/mol. The number of anilines is 2. The molecule has 1 atom stereocenters. The molecule has 2 aromatic carbocycles. The number of nitrogens with zero attached hydrogens (tertiary/aromatic N) is 1. The Morgan fingerprint density at radius 2 is 1.77 bits per heavy atom. The molecule has 4 rings (SSSR count). The predicted molar refractivity (Wildman–Crippen MR) is 98.2 cm³/mol. The van der Waals surface area contributed by atoms with Gasteiger partial charge in [0.15, 0.2) is 0 Å². The van der Waals surface area contributed by atoms with E-state index in [1.54, 1.807) is 36.4 Å². The smallest absolute Gasteiger partial charge is 0.336 e. The lowest BCUT2D eigenvalue weighted by molar-refractivity contribution is -0.121. The van der Waals surface area contributed by atoms with Crippen LogP contribution in [0.3, 0.4) is 0 Å². The molecule has 1 N–H and O–H groups in total. The third-order valence-electron chi connectivity index (χ3n) is 4.40. The highest BCUT2D eigenvalue weighted by Gasteiger charge is 2.39. The van der Waals surface area contributed by atoms with E-state index in [4.69, 9.17) is 4.42 Å². The predicted octanol–water partition coefficient (Wildman–Crippen LogP) is 2.85. The maximum Gasteiger partial charge on any atom is 0.336 e. The van der Waals surface area contributed by atoms with Crippen LogP contribution >= 0.6 is 0 Å². The lowest BCUT2D eigenvalue weighted by atomic mass is 10.2. The lowest BCUT2D eigenvalue weighted by Gasteiger charge is -2.16. The van der Waals surface area contributed by atoms with Crippen molar-refractivity contribution < 1.29 is 14.0 Å². The molecule has 0 saturated carbocycles. The van der Waals surface area contributed by atoms with Gasteiger partial charge in [-0.15, -0.1) is 0 Å². The van der Waals surface area contributed by atoms with Crippen molar-refractivity contribution in [1.29, 1.82) is 0 Å². The first-order valence-electron chi connectivity index (χ1n) is 8.25. The van der Waals surface area contributed by atoms with Crippen LogP contribution in [-0.4, -0.2) is 17.9 Å². The summed E-state index contributed by atoms with van der Waals surface area (Å²) < 4.78 is 5.10. The zero-order valence-electron chi connectivity index (χ0n) is 14.1. The Balaban J connectivity index is 1.58. The van der Waals surface area contributed by atoms with Gasteiger partial charge in [0.25, 0.3) is 5.91 Å². The summed E-state index contributed by atoms with van der Waals surface area (Å²) in [6.07, 6.45) is 0.0919. The number of rotatable bonds is 3. The maximum absolute atomic E-state index is 12.7. The summed E-state index contributed by atoms with van der Waals surface area (Å²) in [7, 11) is 0. The minimum Gasteiger partial charge on any atom is -0.423 e. The van der Waals surface area contributed by atoms with Crippen LogP contribution in [0.25, 0.3) is 11.0 Å². The molecule has 3 aromatic rings. The summed E-state index contributed by atoms with van der Waals surface area (Å²) in [5.41, 5.74) is 2.38. The van der Waals surface area contributed by atoms with E-state index in [0.29, 0.717) is 17.0 Å². The molecule has 1 aromatic heterocycles. The van der Waals surface area contributed by atoms with Gasteiger partial charge in [-0.1, -0.05) is 17.7 Å². The average Bonchev–Trinajstić information content (AvgIpc) is 2.90. The van der Waals surface area contributed by atoms with Crippen molar-refractivity contribution in [3.8, 4) is 0 Å². The molecule has 0 aliphatic carbocycles. The molecule has 1 unspecified atom stereocenters. The highest BCUT2D eigenvalue weighted by Crippen LogP contribution is 2.26. The van der Waals surface area contributed by atoms with Gasteiger partial charge in [-0.2, -0.15) is 0 Å². The van der Waals surface area contributed by atoms with Gasteiger partial charge in [-0.05, 0) is 43.3 Å². The summed E-state index contributed by atoms with van der Waals surface area (Å²) in [6.45, 7) is 1.95. The zero-order chi connectivity index (χ0) is 18.3. The minimum atomic E-state index is -0.628. The topological polar surface area (TPSA) is 79.6 Å². The number of fused-ring (bicyclic) bond motifs is 1. The molecule has 2 amide bonds. The number of hydrogen-bond donors (Lipinski definition) is 1. The van der Waals surface area contributed by atoms with Gasteiger partial charge in [0.05, 0.1) is 12.1 Å². The SMILES string of the molecule is Cc1ccc(N2C(=O)CC(Nc3ccc4oc(=O)ccc4c3)C2=O)cc1. The minimum absolute atomic E-state index is 0.0919. The summed E-state index contributed by atoms with van der Waals surface area (Å²) in [5.74, 6) is -0.512. The molecule has 1 fully saturated rings. The first kappa shape index (κ1) is 16.1. The number of aryl methyl sites for hydroxylation is 1. The van der Waals surface area contributed by atoms with Crippen LogP contribution in [-0.2, 0) is 9.59 Å². The second-order valence-corrected chi connectivity index (χ2v) is 6.31. The molecule has 1 aliphatic rings. The Hall–Kier alpha value is -3.41. The first-order chi connectivity index (χ1) is 12.5. The standard InChI is InChI=1S/C20H16N2O4/c1-12-2-6-15(7-3-12)22-18(23)11-16(20(22)25)21-14-5-8-17-13(10-14)4-9-19(24)26-17/h2-10,16,21H,11H2,1H3. The lowest BCUT2D eigenvalue weighted by Crippen LogP contribution is -2.34. The molecule has 130 valence electrons. The van der Waals surface area contributed by atoms with Gasteiger partial charge in [0.1, 0.15) is 11.6 Å². The van der Waals surface area contributed by atoms with Crippen molar-refractivity contribution in [2.75, 3.05) is 10.2 Å². The third kappa shape index (κ3) is 2.86. The number of carbonyl (C=O) groups is 2. The number of amides is 2. The molecular formula is C20H16N2O4. The molecule has 1 saturated heterocycles. The van der Waals surface area contributed by atoms with E-state index in [9.17, 15) is 14.4 Å². The fraction of sp³-hybridized carbons (Fsp3) is 0.150. The van der Waals surface area contributed by atoms with Gasteiger partial charge in [0, 0.05) is 17.1 Å². The van der Waals surface area contributed by atoms with E-state index in [0.717, 1.165) is 10.9 Å². The molecule has 26 heavy (non-hydrogen) atoms. The van der Waals surface area contributed by atoms with Crippen molar-refractivity contribution in [3.05, 3.63) is 70.6 Å². The largest absolute Gasteiger partial charge is 0.423 e. The van der Waals surface area contributed by atoms with Crippen LogP contribution < -0.4 is 15.8 Å². The van der Waals surface area contributed by atoms with Gasteiger partial charge >= 0.3 is 5.63 Å². The fourth-order valence-corrected chi connectivity index (χ4v) is 3.07. The molecule has 0 spiro atoms. The second-order valence-electron chi connectivity index (χ2n) is 6.31. The van der Waals surface area contributed by atoms with E-state index in [1.165, 1.54) is 11.0 Å². The molecule has 0 bridgehead atoms. The number of carbonyl (C=O) groups excluding carboxylic acids is 2. The Morgan fingerprint density at radius 3 is 2.54 bits per heavy atom. The number of benzene rings is 2. The number of imide groups is 1. The van der Waals surface area contributed by atoms with E-state index in [1.807, 2.05) is 19.1 Å². The van der Waals surface area contributed by atoms with E-state index in [-0.39, 0.29) is 18.2 Å². The van der Waals surface area contributed by atoms with Gasteiger partial charge in [0.2, 0.25) is 5.91 Å². The quantitative estimate of drug-likeness (QED) is 0.582. The average molecular weight is 348 g/mol. The second kappa shape index (κ2) is 6.15. The maximum atomic E-state index is 12.7. The molecule has 1 aliphatic heterocycles. The van der Waals surface area contributed by atoms with Crippen molar-refractivity contribution in [3.63, 3.8) is 0 Å². The Bertz CT molecular complexity index is 1070. The van der Waals surface area contributed by atoms with Crippen molar-refractivity contribution in [2.24, 2.45) is 0 Å². The fourth-order valence-electron chi connectivity index (χ4n) is 3.07. The first-order valence-corrected chi connectivity index (χ1v) is 8.25. The zero-order valence-corrected chi connectivity index (χ0v) is 14.1. The van der Waals surface area contributed by atoms with Crippen LogP contribution in [0.1, 0.15) is 12.0 Å². The third-order valence-corrected chi connectivity index (χ3v) is 4.40. The van der Waals surface area contributed by atoms with Crippen LogP contribution in [0.4, 0.5) is 11.4 Å². The van der Waals surface area contributed by atoms with Crippen molar-refractivity contribution >= 4 is 34.2 Å². The molecule has 2 heterocycles. The summed E-state index contributed by atoms with van der Waals surface area (Å²) in [5, 5.41) is 3.84. The number of nitrogens with one attached hydrogen (secondary N) is 1. The van der Waals surface area contributed by atoms with Gasteiger partial charge in [-0.3, -0.25) is 9.59 Å². The van der Waals surface area contributed by atoms with Crippen LogP contribution in [0, 0.1) is 6.92 Å². The van der Waals surface area contributed by atoms with Gasteiger partial charge < -0.3 is 9.73 Å². The van der Waals surface area contributed by atoms with Crippen LogP contribution in [0.15, 0.2) is 63.8 Å². The van der Waals surface area contributed by atoms with Crippen molar-refractivity contribution in [1.82, 2.24) is 0 Å². The molecule has 6 heteroatoms. The van der Waals surface area contributed by atoms with Gasteiger partial charge in [-0.25, -0.2) is 9.69 Å². The van der Waals surface area contributed by atoms with E-state index >= 15 is 0 Å². The Kier molecular flexibility index (Phi) is 3.80. The highest BCUT2D eigenvalue weighted by molar-refractivity contribution is 6.23. The summed E-state index contributed by atoms with van der Waals surface area (Å²) in [6, 6.07) is 14.8. The summed E-state index contributed by atoms with van der Waals surface area (Å²) >= 11 is 0. The van der Waals surface area contributed by atoms with E-state index in [2.05, 4.69) is 5.32 Å². The number of hydrogen-bond acceptors (Lipinski definition) is 5. The van der Waals surface area contributed by atoms with Crippen LogP contribution in [0.5, 0.6) is 0 Å². The Morgan fingerprint density at radius 1 is 1.00 bits per heavy atom. The van der Waals surface area contributed by atoms with Crippen LogP contribution in [0.2, 0.25) is 0 Å². The Labute approximate surface area is 149 Å². The molecule has 6 nitrogen and oxygen atoms in total. The van der Waals surface area contributed by atoms with Crippen molar-refractivity contribution in [2.45, 2.75) is 19.4 Å². The van der Waals surface area contributed by atoms with E-state index < -0.39 is 11.7 Å².